The van der Waals surface area contributed by atoms with Gasteiger partial charge in [-0.1, -0.05) is 32.9 Å². The van der Waals surface area contributed by atoms with Gasteiger partial charge >= 0.3 is 0 Å². The minimum absolute atomic E-state index is 0.227. The molecule has 0 amide bonds. The number of nitrogens with one attached hydrogen (secondary N) is 1. The Hall–Kier alpha value is -1.02. The fraction of sp³-hybridized carbons (Fsp3) is 0.625. The Morgan fingerprint density at radius 1 is 1.33 bits per heavy atom. The Morgan fingerprint density at radius 2 is 2.06 bits per heavy atom. The van der Waals surface area contributed by atoms with E-state index in [1.165, 1.54) is 16.7 Å². The van der Waals surface area contributed by atoms with Gasteiger partial charge in [0.1, 0.15) is 11.9 Å². The number of ether oxygens (including phenoxy) is 1. The van der Waals surface area contributed by atoms with Crippen LogP contribution in [0.3, 0.4) is 0 Å². The maximum absolute atomic E-state index is 6.08. The van der Waals surface area contributed by atoms with E-state index < -0.39 is 0 Å². The molecular formula is C16H25NO. The average Bonchev–Trinajstić information content (AvgIpc) is 2.64. The molecule has 1 aliphatic heterocycles. The maximum Gasteiger partial charge on any atom is 0.127 e. The molecule has 0 bridgehead atoms. The van der Waals surface area contributed by atoms with Gasteiger partial charge in [-0.25, -0.2) is 0 Å². The molecule has 1 heterocycles. The van der Waals surface area contributed by atoms with Crippen molar-refractivity contribution < 1.29 is 4.74 Å². The van der Waals surface area contributed by atoms with Crippen molar-refractivity contribution in [2.75, 3.05) is 6.54 Å². The van der Waals surface area contributed by atoms with Gasteiger partial charge in [0, 0.05) is 5.56 Å². The summed E-state index contributed by atoms with van der Waals surface area (Å²) in [6, 6.07) is 4.79. The van der Waals surface area contributed by atoms with E-state index in [-0.39, 0.29) is 6.10 Å². The molecule has 2 unspecified atom stereocenters. The van der Waals surface area contributed by atoms with Crippen LogP contribution in [0.15, 0.2) is 12.1 Å². The van der Waals surface area contributed by atoms with Gasteiger partial charge < -0.3 is 10.1 Å². The summed E-state index contributed by atoms with van der Waals surface area (Å²) < 4.78 is 6.08. The van der Waals surface area contributed by atoms with Gasteiger partial charge in [0.05, 0.1) is 6.04 Å². The first kappa shape index (κ1) is 13.4. The molecule has 0 spiro atoms. The van der Waals surface area contributed by atoms with Crippen LogP contribution >= 0.6 is 0 Å². The summed E-state index contributed by atoms with van der Waals surface area (Å²) in [4.78, 5) is 0. The van der Waals surface area contributed by atoms with Crippen LogP contribution < -0.4 is 10.1 Å². The first-order valence-electron chi connectivity index (χ1n) is 7.09. The molecule has 1 N–H and O–H groups in total. The van der Waals surface area contributed by atoms with Crippen LogP contribution in [0.4, 0.5) is 0 Å². The van der Waals surface area contributed by atoms with Crippen LogP contribution in [-0.2, 0) is 0 Å². The SMILES string of the molecule is CCCNC1c2c(C(C)C)ccc(C)c2OC1C. The summed E-state index contributed by atoms with van der Waals surface area (Å²) in [6.45, 7) is 12.1. The molecule has 18 heavy (non-hydrogen) atoms. The molecule has 0 saturated heterocycles. The van der Waals surface area contributed by atoms with Gasteiger partial charge in [-0.3, -0.25) is 0 Å². The first-order valence-corrected chi connectivity index (χ1v) is 7.09. The topological polar surface area (TPSA) is 21.3 Å². The van der Waals surface area contributed by atoms with Crippen LogP contribution in [0.5, 0.6) is 5.75 Å². The summed E-state index contributed by atoms with van der Waals surface area (Å²) in [5.74, 6) is 1.65. The lowest BCUT2D eigenvalue weighted by Gasteiger charge is -2.19. The molecule has 2 rings (SSSR count). The Morgan fingerprint density at radius 3 is 2.67 bits per heavy atom. The quantitative estimate of drug-likeness (QED) is 0.870. The largest absolute Gasteiger partial charge is 0.488 e. The van der Waals surface area contributed by atoms with Crippen molar-refractivity contribution in [3.8, 4) is 5.75 Å². The van der Waals surface area contributed by atoms with Crippen LogP contribution in [0.2, 0.25) is 0 Å². The molecule has 0 fully saturated rings. The van der Waals surface area contributed by atoms with Gasteiger partial charge in [0.25, 0.3) is 0 Å². The summed E-state index contributed by atoms with van der Waals surface area (Å²) in [6.07, 6.45) is 1.38. The van der Waals surface area contributed by atoms with E-state index in [9.17, 15) is 0 Å². The van der Waals surface area contributed by atoms with E-state index >= 15 is 0 Å². The third-order valence-corrected chi connectivity index (χ3v) is 3.75. The molecule has 1 aromatic rings. The van der Waals surface area contributed by atoms with Gasteiger partial charge in [0.15, 0.2) is 0 Å². The van der Waals surface area contributed by atoms with Gasteiger partial charge in [-0.05, 0) is 43.9 Å². The van der Waals surface area contributed by atoms with Crippen molar-refractivity contribution in [2.24, 2.45) is 0 Å². The van der Waals surface area contributed by atoms with Crippen molar-refractivity contribution >= 4 is 0 Å². The second kappa shape index (κ2) is 5.31. The highest BCUT2D eigenvalue weighted by Crippen LogP contribution is 2.43. The molecule has 100 valence electrons. The van der Waals surface area contributed by atoms with Gasteiger partial charge in [-0.2, -0.15) is 0 Å². The lowest BCUT2D eigenvalue weighted by Crippen LogP contribution is -2.30. The highest BCUT2D eigenvalue weighted by Gasteiger charge is 2.34. The fourth-order valence-corrected chi connectivity index (χ4v) is 2.76. The summed E-state index contributed by atoms with van der Waals surface area (Å²) in [7, 11) is 0. The molecular weight excluding hydrogens is 222 g/mol. The van der Waals surface area contributed by atoms with Crippen molar-refractivity contribution in [3.63, 3.8) is 0 Å². The molecule has 1 aliphatic rings. The number of hydrogen-bond donors (Lipinski definition) is 1. The van der Waals surface area contributed by atoms with Crippen LogP contribution in [-0.4, -0.2) is 12.6 Å². The summed E-state index contributed by atoms with van der Waals surface area (Å²) >= 11 is 0. The zero-order valence-electron chi connectivity index (χ0n) is 12.2. The second-order valence-electron chi connectivity index (χ2n) is 5.62. The number of rotatable bonds is 4. The number of aryl methyl sites for hydroxylation is 1. The molecule has 2 atom stereocenters. The van der Waals surface area contributed by atoms with Crippen molar-refractivity contribution in [1.29, 1.82) is 0 Å². The second-order valence-corrected chi connectivity index (χ2v) is 5.62. The van der Waals surface area contributed by atoms with Crippen LogP contribution in [0, 0.1) is 6.92 Å². The zero-order chi connectivity index (χ0) is 13.3. The number of fused-ring (bicyclic) bond motifs is 1. The molecule has 1 aromatic carbocycles. The Kier molecular flexibility index (Phi) is 3.96. The molecule has 0 aromatic heterocycles. The minimum Gasteiger partial charge on any atom is -0.488 e. The first-order chi connectivity index (χ1) is 8.56. The van der Waals surface area contributed by atoms with E-state index in [0.29, 0.717) is 12.0 Å². The number of hydrogen-bond acceptors (Lipinski definition) is 2. The van der Waals surface area contributed by atoms with Crippen molar-refractivity contribution in [1.82, 2.24) is 5.32 Å². The highest BCUT2D eigenvalue weighted by atomic mass is 16.5. The lowest BCUT2D eigenvalue weighted by atomic mass is 9.90. The standard InChI is InChI=1S/C16H25NO/c1-6-9-17-15-12(5)18-16-11(4)7-8-13(10(2)3)14(15)16/h7-8,10,12,15,17H,6,9H2,1-5H3. The smallest absolute Gasteiger partial charge is 0.127 e. The summed E-state index contributed by atoms with van der Waals surface area (Å²) in [5.41, 5.74) is 4.07. The predicted molar refractivity (Wildman–Crippen MR) is 76.4 cm³/mol. The van der Waals surface area contributed by atoms with E-state index in [2.05, 4.69) is 52.1 Å². The average molecular weight is 247 g/mol. The molecule has 0 aliphatic carbocycles. The van der Waals surface area contributed by atoms with E-state index in [1.54, 1.807) is 0 Å². The van der Waals surface area contributed by atoms with Crippen molar-refractivity contribution in [3.05, 3.63) is 28.8 Å². The molecule has 0 radical (unpaired) electrons. The summed E-state index contributed by atoms with van der Waals surface area (Å²) in [5, 5.41) is 3.63. The number of benzene rings is 1. The Bertz CT molecular complexity index is 425. The Labute approximate surface area is 111 Å². The molecule has 0 saturated carbocycles. The van der Waals surface area contributed by atoms with E-state index in [1.807, 2.05) is 0 Å². The monoisotopic (exact) mass is 247 g/mol. The molecule has 2 nitrogen and oxygen atoms in total. The van der Waals surface area contributed by atoms with Gasteiger partial charge in [0.2, 0.25) is 0 Å². The Balaban J connectivity index is 2.43. The zero-order valence-corrected chi connectivity index (χ0v) is 12.2. The fourth-order valence-electron chi connectivity index (χ4n) is 2.76. The minimum atomic E-state index is 0.227. The maximum atomic E-state index is 6.08. The lowest BCUT2D eigenvalue weighted by molar-refractivity contribution is 0.209. The van der Waals surface area contributed by atoms with E-state index in [0.717, 1.165) is 18.7 Å². The van der Waals surface area contributed by atoms with Crippen molar-refractivity contribution in [2.45, 2.75) is 59.1 Å². The predicted octanol–water partition coefficient (Wildman–Crippen LogP) is 3.94. The van der Waals surface area contributed by atoms with Crippen LogP contribution in [0.1, 0.15) is 62.8 Å². The van der Waals surface area contributed by atoms with Crippen LogP contribution in [0.25, 0.3) is 0 Å². The molecule has 2 heteroatoms. The normalized spacial score (nSPS) is 22.1. The highest BCUT2D eigenvalue weighted by molar-refractivity contribution is 5.52. The third kappa shape index (κ3) is 2.26. The van der Waals surface area contributed by atoms with E-state index in [4.69, 9.17) is 4.74 Å². The van der Waals surface area contributed by atoms with Gasteiger partial charge in [-0.15, -0.1) is 0 Å². The third-order valence-electron chi connectivity index (χ3n) is 3.75.